The Morgan fingerprint density at radius 3 is 2.18 bits per heavy atom. The van der Waals surface area contributed by atoms with Crippen LogP contribution in [0.4, 0.5) is 0 Å². The van der Waals surface area contributed by atoms with Crippen LogP contribution in [0, 0.1) is 0 Å². The molecule has 1 rings (SSSR count). The molecule has 0 saturated carbocycles. The summed E-state index contributed by atoms with van der Waals surface area (Å²) in [5.41, 5.74) is -1.25. The predicted molar refractivity (Wildman–Crippen MR) is 67.5 cm³/mol. The van der Waals surface area contributed by atoms with Gasteiger partial charge in [-0.05, 0) is 46.8 Å². The molecule has 0 aliphatic rings. The number of ether oxygens (including phenoxy) is 1. The lowest BCUT2D eigenvalue weighted by molar-refractivity contribution is -0.0908. The van der Waals surface area contributed by atoms with E-state index in [1.165, 1.54) is 6.92 Å². The van der Waals surface area contributed by atoms with Gasteiger partial charge in [0.05, 0.1) is 11.2 Å². The summed E-state index contributed by atoms with van der Waals surface area (Å²) in [5, 5.41) is 10.0. The van der Waals surface area contributed by atoms with E-state index in [9.17, 15) is 9.90 Å². The number of rotatable bonds is 4. The molecule has 0 unspecified atom stereocenters. The standard InChI is InChI=1S/C14H20O3/c1-10(15)11-8-6-7-9-12(11)17-14(4,5)13(2,3)16/h6-9,16H,1-5H3. The average molecular weight is 236 g/mol. The fourth-order valence-electron chi connectivity index (χ4n) is 1.25. The Morgan fingerprint density at radius 1 is 1.18 bits per heavy atom. The van der Waals surface area contributed by atoms with E-state index in [4.69, 9.17) is 4.74 Å². The van der Waals surface area contributed by atoms with Crippen molar-refractivity contribution in [3.05, 3.63) is 29.8 Å². The van der Waals surface area contributed by atoms with Crippen molar-refractivity contribution in [2.24, 2.45) is 0 Å². The first kappa shape index (κ1) is 13.7. The summed E-state index contributed by atoms with van der Waals surface area (Å²) in [6, 6.07) is 7.06. The van der Waals surface area contributed by atoms with Crippen LogP contribution in [0.25, 0.3) is 0 Å². The molecule has 0 aliphatic carbocycles. The molecule has 3 nitrogen and oxygen atoms in total. The van der Waals surface area contributed by atoms with Gasteiger partial charge in [-0.25, -0.2) is 0 Å². The third-order valence-corrected chi connectivity index (χ3v) is 3.10. The van der Waals surface area contributed by atoms with Crippen LogP contribution in [0.2, 0.25) is 0 Å². The molecule has 3 heteroatoms. The fourth-order valence-corrected chi connectivity index (χ4v) is 1.25. The van der Waals surface area contributed by atoms with Crippen molar-refractivity contribution in [1.82, 2.24) is 0 Å². The van der Waals surface area contributed by atoms with Crippen molar-refractivity contribution in [1.29, 1.82) is 0 Å². The third kappa shape index (κ3) is 3.07. The first-order valence-electron chi connectivity index (χ1n) is 5.66. The van der Waals surface area contributed by atoms with Gasteiger partial charge in [0.2, 0.25) is 0 Å². The maximum Gasteiger partial charge on any atom is 0.163 e. The highest BCUT2D eigenvalue weighted by Crippen LogP contribution is 2.30. The van der Waals surface area contributed by atoms with Gasteiger partial charge in [0.1, 0.15) is 11.4 Å². The van der Waals surface area contributed by atoms with E-state index in [-0.39, 0.29) is 5.78 Å². The molecule has 0 fully saturated rings. The van der Waals surface area contributed by atoms with Crippen molar-refractivity contribution in [2.45, 2.75) is 45.8 Å². The van der Waals surface area contributed by atoms with Crippen LogP contribution >= 0.6 is 0 Å². The Morgan fingerprint density at radius 2 is 1.71 bits per heavy atom. The zero-order valence-corrected chi connectivity index (χ0v) is 11.1. The largest absolute Gasteiger partial charge is 0.484 e. The van der Waals surface area contributed by atoms with Crippen LogP contribution in [0.1, 0.15) is 45.0 Å². The Bertz CT molecular complexity index is 414. The van der Waals surface area contributed by atoms with Crippen molar-refractivity contribution < 1.29 is 14.6 Å². The molecule has 1 aromatic carbocycles. The molecular weight excluding hydrogens is 216 g/mol. The zero-order chi connectivity index (χ0) is 13.3. The second-order valence-corrected chi connectivity index (χ2v) is 5.22. The van der Waals surface area contributed by atoms with Gasteiger partial charge in [-0.2, -0.15) is 0 Å². The fraction of sp³-hybridized carbons (Fsp3) is 0.500. The van der Waals surface area contributed by atoms with Gasteiger partial charge in [-0.3, -0.25) is 4.79 Å². The first-order valence-corrected chi connectivity index (χ1v) is 5.66. The SMILES string of the molecule is CC(=O)c1ccccc1OC(C)(C)C(C)(C)O. The van der Waals surface area contributed by atoms with Gasteiger partial charge in [0, 0.05) is 0 Å². The number of carbonyl (C=O) groups is 1. The molecule has 0 spiro atoms. The van der Waals surface area contributed by atoms with Crippen LogP contribution in [0.15, 0.2) is 24.3 Å². The molecule has 1 N–H and O–H groups in total. The molecule has 17 heavy (non-hydrogen) atoms. The molecule has 0 radical (unpaired) electrons. The lowest BCUT2D eigenvalue weighted by Gasteiger charge is -2.37. The van der Waals surface area contributed by atoms with E-state index in [0.717, 1.165) is 0 Å². The van der Waals surface area contributed by atoms with Gasteiger partial charge >= 0.3 is 0 Å². The summed E-state index contributed by atoms with van der Waals surface area (Å²) in [4.78, 5) is 11.5. The van der Waals surface area contributed by atoms with Crippen molar-refractivity contribution in [3.63, 3.8) is 0 Å². The maximum absolute atomic E-state index is 11.5. The number of benzene rings is 1. The minimum atomic E-state index is -1.00. The number of aliphatic hydroxyl groups is 1. The van der Waals surface area contributed by atoms with Crippen LogP contribution in [-0.4, -0.2) is 22.1 Å². The summed E-state index contributed by atoms with van der Waals surface area (Å²) in [6.45, 7) is 8.46. The summed E-state index contributed by atoms with van der Waals surface area (Å²) in [5.74, 6) is 0.458. The minimum absolute atomic E-state index is 0.0489. The van der Waals surface area contributed by atoms with Crippen molar-refractivity contribution in [3.8, 4) is 5.75 Å². The van der Waals surface area contributed by atoms with Crippen LogP contribution in [-0.2, 0) is 0 Å². The molecular formula is C14H20O3. The molecule has 1 aromatic rings. The Labute approximate surface area is 102 Å². The molecule has 0 atom stereocenters. The third-order valence-electron chi connectivity index (χ3n) is 3.10. The quantitative estimate of drug-likeness (QED) is 0.818. The molecule has 0 bridgehead atoms. The average Bonchev–Trinajstić information content (AvgIpc) is 2.15. The van der Waals surface area contributed by atoms with Gasteiger partial charge in [-0.1, -0.05) is 12.1 Å². The lowest BCUT2D eigenvalue weighted by Crippen LogP contribution is -2.49. The molecule has 0 saturated heterocycles. The highest BCUT2D eigenvalue weighted by molar-refractivity contribution is 5.96. The first-order chi connectivity index (χ1) is 7.65. The number of carbonyl (C=O) groups excluding carboxylic acids is 1. The van der Waals surface area contributed by atoms with Gasteiger partial charge in [0.15, 0.2) is 5.78 Å². The van der Waals surface area contributed by atoms with E-state index in [2.05, 4.69) is 0 Å². The number of hydrogen-bond donors (Lipinski definition) is 1. The second-order valence-electron chi connectivity index (χ2n) is 5.22. The van der Waals surface area contributed by atoms with Crippen LogP contribution < -0.4 is 4.74 Å². The van der Waals surface area contributed by atoms with E-state index >= 15 is 0 Å². The van der Waals surface area contributed by atoms with Crippen LogP contribution in [0.3, 0.4) is 0 Å². The van der Waals surface area contributed by atoms with E-state index in [1.807, 2.05) is 6.07 Å². The molecule has 0 heterocycles. The van der Waals surface area contributed by atoms with E-state index < -0.39 is 11.2 Å². The Balaban J connectivity index is 3.08. The highest BCUT2D eigenvalue weighted by Gasteiger charge is 2.37. The molecule has 0 aliphatic heterocycles. The Hall–Kier alpha value is -1.35. The number of para-hydroxylation sites is 1. The van der Waals surface area contributed by atoms with Gasteiger partial charge in [0.25, 0.3) is 0 Å². The van der Waals surface area contributed by atoms with Gasteiger partial charge in [-0.15, -0.1) is 0 Å². The van der Waals surface area contributed by atoms with E-state index in [1.54, 1.807) is 45.9 Å². The molecule has 0 amide bonds. The molecule has 94 valence electrons. The number of Topliss-reactive ketones (excluding diaryl/α,β-unsaturated/α-hetero) is 1. The number of hydrogen-bond acceptors (Lipinski definition) is 3. The highest BCUT2D eigenvalue weighted by atomic mass is 16.5. The van der Waals surface area contributed by atoms with Crippen molar-refractivity contribution in [2.75, 3.05) is 0 Å². The van der Waals surface area contributed by atoms with Crippen LogP contribution in [0.5, 0.6) is 5.75 Å². The summed E-state index contributed by atoms with van der Waals surface area (Å²) in [6.07, 6.45) is 0. The van der Waals surface area contributed by atoms with Gasteiger partial charge < -0.3 is 9.84 Å². The summed E-state index contributed by atoms with van der Waals surface area (Å²) in [7, 11) is 0. The lowest BCUT2D eigenvalue weighted by atomic mass is 9.89. The maximum atomic E-state index is 11.5. The number of ketones is 1. The monoisotopic (exact) mass is 236 g/mol. The molecule has 0 aromatic heterocycles. The predicted octanol–water partition coefficient (Wildman–Crippen LogP) is 2.82. The zero-order valence-electron chi connectivity index (χ0n) is 11.1. The second kappa shape index (κ2) is 4.49. The topological polar surface area (TPSA) is 46.5 Å². The smallest absolute Gasteiger partial charge is 0.163 e. The normalized spacial score (nSPS) is 12.4. The Kier molecular flexibility index (Phi) is 3.62. The minimum Gasteiger partial charge on any atom is -0.484 e. The van der Waals surface area contributed by atoms with E-state index in [0.29, 0.717) is 11.3 Å². The summed E-state index contributed by atoms with van der Waals surface area (Å²) < 4.78 is 5.79. The van der Waals surface area contributed by atoms with Crippen molar-refractivity contribution >= 4 is 5.78 Å². The summed E-state index contributed by atoms with van der Waals surface area (Å²) >= 11 is 0.